The van der Waals surface area contributed by atoms with Crippen LogP contribution in [0.2, 0.25) is 5.02 Å². The molecule has 1 amide bonds. The molecule has 0 aliphatic carbocycles. The van der Waals surface area contributed by atoms with Crippen molar-refractivity contribution in [2.45, 2.75) is 6.92 Å². The number of carbonyl (C=O) groups excluding carboxylic acids is 1. The normalized spacial score (nSPS) is 15.1. The number of azide groups is 1. The highest BCUT2D eigenvalue weighted by molar-refractivity contribution is 6.31. The van der Waals surface area contributed by atoms with E-state index in [1.54, 1.807) is 24.0 Å². The molecule has 1 aliphatic heterocycles. The van der Waals surface area contributed by atoms with Gasteiger partial charge in [-0.05, 0) is 23.7 Å². The Morgan fingerprint density at radius 1 is 1.37 bits per heavy atom. The van der Waals surface area contributed by atoms with Crippen molar-refractivity contribution in [1.82, 2.24) is 4.90 Å². The Morgan fingerprint density at radius 2 is 2.05 bits per heavy atom. The van der Waals surface area contributed by atoms with Crippen LogP contribution < -0.4 is 4.90 Å². The molecule has 0 saturated carbocycles. The second kappa shape index (κ2) is 5.82. The molecule has 1 aromatic rings. The zero-order chi connectivity index (χ0) is 13.8. The van der Waals surface area contributed by atoms with Gasteiger partial charge in [0.1, 0.15) is 0 Å². The van der Waals surface area contributed by atoms with Gasteiger partial charge in [-0.25, -0.2) is 0 Å². The maximum Gasteiger partial charge on any atom is 0.219 e. The zero-order valence-corrected chi connectivity index (χ0v) is 11.3. The van der Waals surface area contributed by atoms with Crippen molar-refractivity contribution in [3.05, 3.63) is 33.7 Å². The fourth-order valence-corrected chi connectivity index (χ4v) is 2.32. The lowest BCUT2D eigenvalue weighted by Crippen LogP contribution is -2.48. The molecule has 1 heterocycles. The fourth-order valence-electron chi connectivity index (χ4n) is 2.15. The van der Waals surface area contributed by atoms with Gasteiger partial charge in [0.15, 0.2) is 0 Å². The maximum atomic E-state index is 11.3. The number of piperazine rings is 1. The maximum absolute atomic E-state index is 11.3. The number of amides is 1. The van der Waals surface area contributed by atoms with Crippen molar-refractivity contribution in [3.8, 4) is 0 Å². The molecule has 2 rings (SSSR count). The SMILES string of the molecule is CC(=O)N1CCN(c2ccc(Cl)cc2N=[N+]=[N-])CC1. The van der Waals surface area contributed by atoms with Crippen LogP contribution in [0.5, 0.6) is 0 Å². The van der Waals surface area contributed by atoms with E-state index in [-0.39, 0.29) is 5.91 Å². The molecular formula is C12H14ClN5O. The van der Waals surface area contributed by atoms with E-state index < -0.39 is 0 Å². The van der Waals surface area contributed by atoms with E-state index in [0.717, 1.165) is 18.8 Å². The molecule has 0 aromatic heterocycles. The van der Waals surface area contributed by atoms with Gasteiger partial charge < -0.3 is 9.80 Å². The molecule has 1 aliphatic rings. The molecule has 0 spiro atoms. The van der Waals surface area contributed by atoms with E-state index in [0.29, 0.717) is 23.8 Å². The van der Waals surface area contributed by atoms with Gasteiger partial charge in [0, 0.05) is 48.7 Å². The smallest absolute Gasteiger partial charge is 0.219 e. The van der Waals surface area contributed by atoms with Crippen molar-refractivity contribution >= 4 is 28.9 Å². The average Bonchev–Trinajstić information content (AvgIpc) is 2.39. The Balaban J connectivity index is 2.19. The van der Waals surface area contributed by atoms with E-state index in [2.05, 4.69) is 14.9 Å². The average molecular weight is 280 g/mol. The number of nitrogens with zero attached hydrogens (tertiary/aromatic N) is 5. The van der Waals surface area contributed by atoms with Crippen LogP contribution in [0.1, 0.15) is 6.92 Å². The van der Waals surface area contributed by atoms with Crippen molar-refractivity contribution in [3.63, 3.8) is 0 Å². The van der Waals surface area contributed by atoms with Crippen LogP contribution in [-0.2, 0) is 4.79 Å². The number of rotatable bonds is 2. The van der Waals surface area contributed by atoms with Gasteiger partial charge in [0.2, 0.25) is 5.91 Å². The highest BCUT2D eigenvalue weighted by atomic mass is 35.5. The Bertz CT molecular complexity index is 533. The minimum atomic E-state index is 0.0889. The highest BCUT2D eigenvalue weighted by Gasteiger charge is 2.20. The van der Waals surface area contributed by atoms with Gasteiger partial charge in [-0.1, -0.05) is 16.7 Å². The first-order valence-electron chi connectivity index (χ1n) is 5.97. The molecule has 7 heteroatoms. The van der Waals surface area contributed by atoms with Gasteiger partial charge in [0.25, 0.3) is 0 Å². The Kier molecular flexibility index (Phi) is 4.14. The first-order valence-corrected chi connectivity index (χ1v) is 6.34. The number of hydrogen-bond acceptors (Lipinski definition) is 3. The van der Waals surface area contributed by atoms with E-state index in [9.17, 15) is 4.79 Å². The molecule has 0 N–H and O–H groups in total. The third-order valence-corrected chi connectivity index (χ3v) is 3.39. The van der Waals surface area contributed by atoms with Gasteiger partial charge in [0.05, 0.1) is 5.69 Å². The molecule has 6 nitrogen and oxygen atoms in total. The first kappa shape index (κ1) is 13.5. The number of anilines is 1. The van der Waals surface area contributed by atoms with Crippen LogP contribution in [0.3, 0.4) is 0 Å². The van der Waals surface area contributed by atoms with Crippen LogP contribution in [0.4, 0.5) is 11.4 Å². The summed E-state index contributed by atoms with van der Waals surface area (Å²) in [4.78, 5) is 18.0. The molecular weight excluding hydrogens is 266 g/mol. The Morgan fingerprint density at radius 3 is 2.63 bits per heavy atom. The third kappa shape index (κ3) is 3.10. The lowest BCUT2D eigenvalue weighted by atomic mass is 10.2. The molecule has 0 bridgehead atoms. The van der Waals surface area contributed by atoms with Crippen LogP contribution in [-0.4, -0.2) is 37.0 Å². The molecule has 0 radical (unpaired) electrons. The monoisotopic (exact) mass is 279 g/mol. The van der Waals surface area contributed by atoms with E-state index >= 15 is 0 Å². The minimum absolute atomic E-state index is 0.0889. The van der Waals surface area contributed by atoms with Gasteiger partial charge in [-0.3, -0.25) is 4.79 Å². The second-order valence-corrected chi connectivity index (χ2v) is 4.75. The van der Waals surface area contributed by atoms with E-state index in [1.807, 2.05) is 6.07 Å². The molecule has 1 aromatic carbocycles. The summed E-state index contributed by atoms with van der Waals surface area (Å²) >= 11 is 5.90. The summed E-state index contributed by atoms with van der Waals surface area (Å²) < 4.78 is 0. The summed E-state index contributed by atoms with van der Waals surface area (Å²) in [6.07, 6.45) is 0. The fraction of sp³-hybridized carbons (Fsp3) is 0.417. The van der Waals surface area contributed by atoms with Crippen LogP contribution in [0.15, 0.2) is 23.3 Å². The quantitative estimate of drug-likeness (QED) is 0.474. The lowest BCUT2D eigenvalue weighted by molar-refractivity contribution is -0.129. The summed E-state index contributed by atoms with van der Waals surface area (Å²) in [6, 6.07) is 5.26. The van der Waals surface area contributed by atoms with Gasteiger partial charge >= 0.3 is 0 Å². The minimum Gasteiger partial charge on any atom is -0.368 e. The number of carbonyl (C=O) groups is 1. The largest absolute Gasteiger partial charge is 0.368 e. The highest BCUT2D eigenvalue weighted by Crippen LogP contribution is 2.32. The lowest BCUT2D eigenvalue weighted by Gasteiger charge is -2.36. The van der Waals surface area contributed by atoms with E-state index in [1.165, 1.54) is 0 Å². The van der Waals surface area contributed by atoms with Crippen LogP contribution >= 0.6 is 11.6 Å². The molecule has 1 saturated heterocycles. The topological polar surface area (TPSA) is 72.3 Å². The Hall–Kier alpha value is -1.91. The van der Waals surface area contributed by atoms with Crippen molar-refractivity contribution in [1.29, 1.82) is 0 Å². The summed E-state index contributed by atoms with van der Waals surface area (Å²) in [5.74, 6) is 0.0889. The van der Waals surface area contributed by atoms with Crippen molar-refractivity contribution in [2.75, 3.05) is 31.1 Å². The number of hydrogen-bond donors (Lipinski definition) is 0. The van der Waals surface area contributed by atoms with E-state index in [4.69, 9.17) is 17.1 Å². The van der Waals surface area contributed by atoms with Crippen molar-refractivity contribution in [2.24, 2.45) is 5.11 Å². The first-order chi connectivity index (χ1) is 9.11. The summed E-state index contributed by atoms with van der Waals surface area (Å²) in [6.45, 7) is 4.36. The molecule has 0 atom stereocenters. The second-order valence-electron chi connectivity index (χ2n) is 4.32. The summed E-state index contributed by atoms with van der Waals surface area (Å²) in [7, 11) is 0. The molecule has 1 fully saturated rings. The molecule has 100 valence electrons. The molecule has 19 heavy (non-hydrogen) atoms. The van der Waals surface area contributed by atoms with Crippen LogP contribution in [0, 0.1) is 0 Å². The standard InChI is InChI=1S/C12H14ClN5O/c1-9(19)17-4-6-18(7-5-17)12-3-2-10(13)8-11(12)15-16-14/h2-3,8H,4-7H2,1H3. The van der Waals surface area contributed by atoms with Gasteiger partial charge in [-0.2, -0.15) is 0 Å². The predicted molar refractivity (Wildman–Crippen MR) is 74.7 cm³/mol. The summed E-state index contributed by atoms with van der Waals surface area (Å²) in [5.41, 5.74) is 9.96. The zero-order valence-electron chi connectivity index (χ0n) is 10.6. The number of halogens is 1. The number of benzene rings is 1. The Labute approximate surface area is 116 Å². The van der Waals surface area contributed by atoms with Crippen molar-refractivity contribution < 1.29 is 4.79 Å². The molecule has 0 unspecified atom stereocenters. The van der Waals surface area contributed by atoms with Crippen LogP contribution in [0.25, 0.3) is 10.4 Å². The third-order valence-electron chi connectivity index (χ3n) is 3.16. The summed E-state index contributed by atoms with van der Waals surface area (Å²) in [5, 5.41) is 4.21. The van der Waals surface area contributed by atoms with Gasteiger partial charge in [-0.15, -0.1) is 0 Å². The predicted octanol–water partition coefficient (Wildman–Crippen LogP) is 2.95.